The number of amides is 4. The highest BCUT2D eigenvalue weighted by Gasteiger charge is 2.70. The summed E-state index contributed by atoms with van der Waals surface area (Å²) in [5, 5.41) is 5.73. The number of hydrogen-bond donors (Lipinski definition) is 3. The van der Waals surface area contributed by atoms with Crippen LogP contribution in [0, 0.1) is 17.7 Å². The minimum Gasteiger partial charge on any atom is -0.370 e. The highest BCUT2D eigenvalue weighted by Crippen LogP contribution is 2.53. The Morgan fingerprint density at radius 2 is 1.84 bits per heavy atom. The van der Waals surface area contributed by atoms with Crippen LogP contribution in [0.5, 0.6) is 0 Å². The van der Waals surface area contributed by atoms with Crippen LogP contribution in [-0.4, -0.2) is 41.1 Å². The molecule has 5 rings (SSSR count). The average molecular weight is 436 g/mol. The molecule has 3 aliphatic rings. The minimum atomic E-state index is -1.64. The van der Waals surface area contributed by atoms with Crippen molar-refractivity contribution >= 4 is 29.3 Å². The number of carbonyl (C=O) groups is 4. The Morgan fingerprint density at radius 3 is 2.56 bits per heavy atom. The first-order chi connectivity index (χ1) is 15.3. The highest BCUT2D eigenvalue weighted by molar-refractivity contribution is 6.15. The second kappa shape index (κ2) is 7.23. The zero-order valence-corrected chi connectivity index (χ0v) is 17.0. The fourth-order valence-electron chi connectivity index (χ4n) is 5.33. The lowest BCUT2D eigenvalue weighted by molar-refractivity contribution is -0.142. The maximum absolute atomic E-state index is 14.1. The molecule has 9 heteroatoms. The van der Waals surface area contributed by atoms with E-state index in [9.17, 15) is 23.6 Å². The maximum atomic E-state index is 14.1. The summed E-state index contributed by atoms with van der Waals surface area (Å²) in [6.07, 6.45) is 0.225. The van der Waals surface area contributed by atoms with Gasteiger partial charge in [-0.3, -0.25) is 29.4 Å². The molecule has 2 fully saturated rings. The van der Waals surface area contributed by atoms with Crippen LogP contribution in [-0.2, 0) is 31.1 Å². The first kappa shape index (κ1) is 20.3. The summed E-state index contributed by atoms with van der Waals surface area (Å²) < 4.78 is 14.1. The number of nitrogens with two attached hydrogens (primary N) is 1. The monoisotopic (exact) mass is 436 g/mol. The van der Waals surface area contributed by atoms with Gasteiger partial charge in [0.15, 0.2) is 0 Å². The lowest BCUT2D eigenvalue weighted by Gasteiger charge is -2.29. The summed E-state index contributed by atoms with van der Waals surface area (Å²) in [5.41, 5.74) is 5.34. The molecule has 3 aliphatic heterocycles. The van der Waals surface area contributed by atoms with Crippen molar-refractivity contribution in [3.63, 3.8) is 0 Å². The van der Waals surface area contributed by atoms with Crippen molar-refractivity contribution in [3.05, 3.63) is 65.5 Å². The number of primary amides is 1. The topological polar surface area (TPSA) is 122 Å². The number of rotatable bonds is 5. The molecule has 2 unspecified atom stereocenters. The first-order valence-electron chi connectivity index (χ1n) is 10.4. The number of hydrogen-bond acceptors (Lipinski definition) is 5. The zero-order valence-electron chi connectivity index (χ0n) is 17.0. The Bertz CT molecular complexity index is 1150. The van der Waals surface area contributed by atoms with Gasteiger partial charge in [-0.25, -0.2) is 4.39 Å². The van der Waals surface area contributed by atoms with Crippen LogP contribution in [0.25, 0.3) is 0 Å². The fourth-order valence-corrected chi connectivity index (χ4v) is 5.33. The minimum absolute atomic E-state index is 0.145. The van der Waals surface area contributed by atoms with E-state index >= 15 is 0 Å². The van der Waals surface area contributed by atoms with Gasteiger partial charge < -0.3 is 11.1 Å². The van der Waals surface area contributed by atoms with Crippen LogP contribution in [0.2, 0.25) is 0 Å². The number of halogens is 1. The molecule has 4 amide bonds. The number of nitrogens with one attached hydrogen (secondary N) is 2. The molecule has 2 aromatic rings. The predicted octanol–water partition coefficient (Wildman–Crippen LogP) is 0.664. The van der Waals surface area contributed by atoms with E-state index in [0.29, 0.717) is 12.1 Å². The van der Waals surface area contributed by atoms with E-state index in [1.165, 1.54) is 18.2 Å². The molecular weight excluding hydrogens is 415 g/mol. The third kappa shape index (κ3) is 2.85. The average Bonchev–Trinajstić information content (AvgIpc) is 3.32. The van der Waals surface area contributed by atoms with Crippen LogP contribution in [0.4, 0.5) is 10.1 Å². The number of nitrogens with zero attached hydrogens (tertiary/aromatic N) is 1. The van der Waals surface area contributed by atoms with Crippen LogP contribution in [0.3, 0.4) is 0 Å². The van der Waals surface area contributed by atoms with Gasteiger partial charge >= 0.3 is 0 Å². The number of fused-ring (bicyclic) bond motifs is 4. The van der Waals surface area contributed by atoms with Gasteiger partial charge in [0.05, 0.1) is 11.8 Å². The number of anilines is 1. The van der Waals surface area contributed by atoms with E-state index in [1.54, 1.807) is 0 Å². The van der Waals surface area contributed by atoms with Crippen LogP contribution in [0.15, 0.2) is 48.5 Å². The van der Waals surface area contributed by atoms with Crippen molar-refractivity contribution in [2.75, 3.05) is 11.9 Å². The molecule has 1 spiro atoms. The lowest BCUT2D eigenvalue weighted by atomic mass is 9.76. The standard InChI is InChI=1S/C23H21FN4O4/c24-13-6-7-15-14(10-13)23(22(32)26-15)19-18(16(27-23)11-17(25)29)20(30)28(21(19)31)9-8-12-4-2-1-3-5-12/h1-7,10,16,18-19,27H,8-9,11H2,(H2,25,29)(H,26,32)/t16?,18-,19+,23?/m1/s1. The second-order valence-electron chi connectivity index (χ2n) is 8.44. The molecule has 0 saturated carbocycles. The van der Waals surface area contributed by atoms with Crippen molar-refractivity contribution in [2.45, 2.75) is 24.4 Å². The molecule has 0 aliphatic carbocycles. The largest absolute Gasteiger partial charge is 0.370 e. The van der Waals surface area contributed by atoms with Gasteiger partial charge in [-0.05, 0) is 30.2 Å². The van der Waals surface area contributed by atoms with Crippen molar-refractivity contribution in [3.8, 4) is 0 Å². The van der Waals surface area contributed by atoms with E-state index in [-0.39, 0.29) is 18.5 Å². The lowest BCUT2D eigenvalue weighted by Crippen LogP contribution is -2.53. The molecule has 3 heterocycles. The van der Waals surface area contributed by atoms with Gasteiger partial charge in [0.25, 0.3) is 0 Å². The molecule has 164 valence electrons. The van der Waals surface area contributed by atoms with E-state index in [0.717, 1.165) is 10.5 Å². The molecule has 0 bridgehead atoms. The van der Waals surface area contributed by atoms with Crippen LogP contribution < -0.4 is 16.4 Å². The molecule has 32 heavy (non-hydrogen) atoms. The normalized spacial score (nSPS) is 28.2. The summed E-state index contributed by atoms with van der Waals surface area (Å²) in [6.45, 7) is 0.145. The zero-order chi connectivity index (χ0) is 22.6. The Morgan fingerprint density at radius 1 is 1.09 bits per heavy atom. The smallest absolute Gasteiger partial charge is 0.250 e. The molecular formula is C23H21FN4O4. The Kier molecular flexibility index (Phi) is 4.59. The molecule has 0 radical (unpaired) electrons. The third-order valence-electron chi connectivity index (χ3n) is 6.66. The van der Waals surface area contributed by atoms with E-state index in [1.807, 2.05) is 30.3 Å². The van der Waals surface area contributed by atoms with E-state index < -0.39 is 52.9 Å². The number of likely N-dealkylation sites (tertiary alicyclic amines) is 1. The third-order valence-corrected chi connectivity index (χ3v) is 6.66. The molecule has 0 aromatic heterocycles. The van der Waals surface area contributed by atoms with Crippen LogP contribution in [0.1, 0.15) is 17.5 Å². The van der Waals surface area contributed by atoms with Gasteiger partial charge in [-0.2, -0.15) is 0 Å². The summed E-state index contributed by atoms with van der Waals surface area (Å²) >= 11 is 0. The van der Waals surface area contributed by atoms with Crippen molar-refractivity contribution in [1.82, 2.24) is 10.2 Å². The Balaban J connectivity index is 1.55. The number of imide groups is 1. The van der Waals surface area contributed by atoms with Gasteiger partial charge in [0.2, 0.25) is 23.6 Å². The summed E-state index contributed by atoms with van der Waals surface area (Å²) in [5.74, 6) is -4.81. The van der Waals surface area contributed by atoms with Gasteiger partial charge in [0, 0.05) is 30.3 Å². The van der Waals surface area contributed by atoms with Gasteiger partial charge in [-0.15, -0.1) is 0 Å². The number of benzene rings is 2. The van der Waals surface area contributed by atoms with Gasteiger partial charge in [-0.1, -0.05) is 30.3 Å². The SMILES string of the molecule is NC(=O)CC1NC2(C(=O)Nc3ccc(F)cc32)[C@@H]2C(=O)N(CCc3ccccc3)C(=O)[C@H]12. The summed E-state index contributed by atoms with van der Waals surface area (Å²) in [7, 11) is 0. The molecule has 4 N–H and O–H groups in total. The highest BCUT2D eigenvalue weighted by atomic mass is 19.1. The van der Waals surface area contributed by atoms with E-state index in [4.69, 9.17) is 5.73 Å². The fraction of sp³-hybridized carbons (Fsp3) is 0.304. The molecule has 2 aromatic carbocycles. The molecule has 8 nitrogen and oxygen atoms in total. The first-order valence-corrected chi connectivity index (χ1v) is 10.4. The van der Waals surface area contributed by atoms with Crippen LogP contribution >= 0.6 is 0 Å². The van der Waals surface area contributed by atoms with Crippen molar-refractivity contribution in [2.24, 2.45) is 17.6 Å². The molecule has 4 atom stereocenters. The second-order valence-corrected chi connectivity index (χ2v) is 8.44. The van der Waals surface area contributed by atoms with Crippen molar-refractivity contribution in [1.29, 1.82) is 0 Å². The summed E-state index contributed by atoms with van der Waals surface area (Å²) in [6, 6.07) is 12.4. The van der Waals surface area contributed by atoms with Gasteiger partial charge in [0.1, 0.15) is 11.4 Å². The predicted molar refractivity (Wildman–Crippen MR) is 111 cm³/mol. The number of carbonyl (C=O) groups excluding carboxylic acids is 4. The molecule has 2 saturated heterocycles. The quantitative estimate of drug-likeness (QED) is 0.595. The maximum Gasteiger partial charge on any atom is 0.250 e. The van der Waals surface area contributed by atoms with E-state index in [2.05, 4.69) is 10.6 Å². The summed E-state index contributed by atoms with van der Waals surface area (Å²) in [4.78, 5) is 52.9. The van der Waals surface area contributed by atoms with Crippen molar-refractivity contribution < 1.29 is 23.6 Å². The Labute approximate surface area is 182 Å². The Hall–Kier alpha value is -3.59.